The minimum Gasteiger partial charge on any atom is -0.455 e. The van der Waals surface area contributed by atoms with E-state index in [1.54, 1.807) is 0 Å². The van der Waals surface area contributed by atoms with Crippen molar-refractivity contribution in [2.75, 3.05) is 9.80 Å². The zero-order valence-corrected chi connectivity index (χ0v) is 51.5. The van der Waals surface area contributed by atoms with E-state index in [0.29, 0.717) is 0 Å². The molecule has 0 bridgehead atoms. The van der Waals surface area contributed by atoms with Crippen LogP contribution < -0.4 is 9.80 Å². The molecular formula is C86H67N3O. The molecule has 0 saturated heterocycles. The number of rotatable bonds is 10. The second-order valence-corrected chi connectivity index (χ2v) is 26.2. The molecule has 0 atom stereocenters. The maximum atomic E-state index is 7.57. The number of aromatic nitrogens is 1. The van der Waals surface area contributed by atoms with Gasteiger partial charge in [0, 0.05) is 50.9 Å². The summed E-state index contributed by atoms with van der Waals surface area (Å²) in [5.74, 6) is 0.837. The number of furan rings is 1. The first-order valence-corrected chi connectivity index (χ1v) is 31.4. The second kappa shape index (κ2) is 21.2. The van der Waals surface area contributed by atoms with Crippen LogP contribution in [-0.2, 0) is 16.2 Å². The van der Waals surface area contributed by atoms with Crippen LogP contribution in [0.4, 0.5) is 34.3 Å². The van der Waals surface area contributed by atoms with Gasteiger partial charge in [0.1, 0.15) is 17.0 Å². The lowest BCUT2D eigenvalue weighted by molar-refractivity contribution is 0.590. The molecule has 0 aliphatic heterocycles. The van der Waals surface area contributed by atoms with Crippen LogP contribution in [0.25, 0.3) is 88.7 Å². The highest BCUT2D eigenvalue weighted by atomic mass is 16.3. The molecule has 2 aliphatic carbocycles. The predicted octanol–water partition coefficient (Wildman–Crippen LogP) is 23.5. The Labute approximate surface area is 527 Å². The van der Waals surface area contributed by atoms with Gasteiger partial charge in [-0.1, -0.05) is 266 Å². The largest absolute Gasteiger partial charge is 0.455 e. The quantitative estimate of drug-likeness (QED) is 0.137. The van der Waals surface area contributed by atoms with Gasteiger partial charge in [0.15, 0.2) is 0 Å². The Kier molecular flexibility index (Phi) is 12.9. The summed E-state index contributed by atoms with van der Waals surface area (Å²) in [6, 6.07) is 107. The van der Waals surface area contributed by atoms with Gasteiger partial charge in [0.2, 0.25) is 0 Å². The van der Waals surface area contributed by atoms with Gasteiger partial charge >= 0.3 is 0 Å². The number of para-hydroxylation sites is 1. The van der Waals surface area contributed by atoms with Gasteiger partial charge in [-0.15, -0.1) is 0 Å². The number of pyridine rings is 1. The summed E-state index contributed by atoms with van der Waals surface area (Å²) >= 11 is 0. The molecule has 12 aromatic carbocycles. The fourth-order valence-corrected chi connectivity index (χ4v) is 14.4. The van der Waals surface area contributed by atoms with E-state index in [1.165, 1.54) is 44.5 Å². The smallest absolute Gasteiger partial charge is 0.145 e. The van der Waals surface area contributed by atoms with Crippen molar-refractivity contribution in [2.45, 2.75) is 57.8 Å². The van der Waals surface area contributed by atoms with E-state index < -0.39 is 5.41 Å². The molecule has 0 radical (unpaired) electrons. The van der Waals surface area contributed by atoms with Crippen LogP contribution in [0.2, 0.25) is 0 Å². The molecule has 90 heavy (non-hydrogen) atoms. The SMILES string of the molecule is CC(C)(C)c1ccc(N(c2ccc3c(c2)C2(c4ccccc4-c4ccccc42)c2cc(N(c4ccc(C(C)(C)C)cc4)c4ccc(-c5ccccc5)cc4-c4ccccc4)c4c(oc5ccccc54)c2-3)c2ncc(-c3ccccc3)cc2-c2ccccc2)cc1. The van der Waals surface area contributed by atoms with Crippen molar-refractivity contribution < 1.29 is 4.42 Å². The topological polar surface area (TPSA) is 32.5 Å². The van der Waals surface area contributed by atoms with E-state index >= 15 is 0 Å². The lowest BCUT2D eigenvalue weighted by Gasteiger charge is -2.34. The molecule has 4 nitrogen and oxygen atoms in total. The maximum absolute atomic E-state index is 7.57. The first-order valence-electron chi connectivity index (χ1n) is 31.4. The lowest BCUT2D eigenvalue weighted by atomic mass is 9.70. The van der Waals surface area contributed by atoms with Crippen molar-refractivity contribution in [3.63, 3.8) is 0 Å². The number of anilines is 6. The lowest BCUT2D eigenvalue weighted by Crippen LogP contribution is -2.26. The van der Waals surface area contributed by atoms with E-state index in [9.17, 15) is 0 Å². The third kappa shape index (κ3) is 8.84. The highest BCUT2D eigenvalue weighted by molar-refractivity contribution is 6.20. The Morgan fingerprint density at radius 2 is 0.822 bits per heavy atom. The fourth-order valence-electron chi connectivity index (χ4n) is 14.4. The normalized spacial score (nSPS) is 12.9. The Morgan fingerprint density at radius 3 is 1.41 bits per heavy atom. The van der Waals surface area contributed by atoms with E-state index in [-0.39, 0.29) is 10.8 Å². The van der Waals surface area contributed by atoms with Crippen molar-refractivity contribution in [1.29, 1.82) is 0 Å². The predicted molar refractivity (Wildman–Crippen MR) is 376 cm³/mol. The van der Waals surface area contributed by atoms with Crippen molar-refractivity contribution in [3.05, 3.63) is 331 Å². The standard InChI is InChI=1S/C86H67N3O/c1-84(2,3)62-40-44-64(45-41-62)88(83-72(59-31-17-10-18-32-59)52-61(55-87-83)57-27-13-8-14-28-57)66-48-49-69-75(53-66)86(73-36-22-19-33-67(73)68-34-20-23-37-74(68)86)76-54-78(81-70-35-21-24-38-79(70)90-82(81)80(69)76)89(65-46-42-63(43-47-65)85(4,5)6)77-50-39-60(56-25-11-7-12-26-56)51-71(77)58-29-15-9-16-30-58/h7-55H,1-6H3. The van der Waals surface area contributed by atoms with Crippen LogP contribution in [0.1, 0.15) is 74.9 Å². The van der Waals surface area contributed by atoms with E-state index in [4.69, 9.17) is 9.40 Å². The second-order valence-electron chi connectivity index (χ2n) is 26.2. The highest BCUT2D eigenvalue weighted by Crippen LogP contribution is 2.66. The highest BCUT2D eigenvalue weighted by Gasteiger charge is 2.53. The Hall–Kier alpha value is -10.8. The van der Waals surface area contributed by atoms with Gasteiger partial charge < -0.3 is 9.32 Å². The summed E-state index contributed by atoms with van der Waals surface area (Å²) in [5, 5.41) is 2.11. The molecule has 0 saturated carbocycles. The zero-order valence-electron chi connectivity index (χ0n) is 51.5. The van der Waals surface area contributed by atoms with Crippen LogP contribution in [0.5, 0.6) is 0 Å². The molecule has 14 aromatic rings. The summed E-state index contributed by atoms with van der Waals surface area (Å²) in [5.41, 5.74) is 26.8. The minimum atomic E-state index is -0.814. The molecule has 2 aliphatic rings. The summed E-state index contributed by atoms with van der Waals surface area (Å²) in [6.07, 6.45) is 2.04. The number of fused-ring (bicyclic) bond motifs is 14. The molecule has 4 heteroatoms. The van der Waals surface area contributed by atoms with Crippen molar-refractivity contribution in [2.24, 2.45) is 0 Å². The summed E-state index contributed by atoms with van der Waals surface area (Å²) < 4.78 is 7.57. The summed E-state index contributed by atoms with van der Waals surface area (Å²) in [6.45, 7) is 13.7. The number of benzene rings is 12. The van der Waals surface area contributed by atoms with Crippen LogP contribution >= 0.6 is 0 Å². The van der Waals surface area contributed by atoms with E-state index in [0.717, 1.165) is 112 Å². The minimum absolute atomic E-state index is 0.0514. The number of hydrogen-bond donors (Lipinski definition) is 0. The monoisotopic (exact) mass is 1160 g/mol. The van der Waals surface area contributed by atoms with E-state index in [2.05, 4.69) is 343 Å². The molecule has 0 amide bonds. The van der Waals surface area contributed by atoms with Crippen LogP contribution in [0, 0.1) is 0 Å². The van der Waals surface area contributed by atoms with Crippen molar-refractivity contribution in [3.8, 4) is 66.8 Å². The Balaban J connectivity index is 1.01. The van der Waals surface area contributed by atoms with Crippen LogP contribution in [0.3, 0.4) is 0 Å². The first kappa shape index (κ1) is 54.6. The van der Waals surface area contributed by atoms with Crippen LogP contribution in [-0.4, -0.2) is 4.98 Å². The van der Waals surface area contributed by atoms with Gasteiger partial charge in [-0.3, -0.25) is 4.90 Å². The average Bonchev–Trinajstić information content (AvgIpc) is 1.50. The fraction of sp³-hybridized carbons (Fsp3) is 0.105. The summed E-state index contributed by atoms with van der Waals surface area (Å²) in [7, 11) is 0. The van der Waals surface area contributed by atoms with Gasteiger partial charge in [0.05, 0.1) is 22.2 Å². The number of hydrogen-bond acceptors (Lipinski definition) is 4. The van der Waals surface area contributed by atoms with Crippen molar-refractivity contribution in [1.82, 2.24) is 4.98 Å². The molecule has 0 N–H and O–H groups in total. The van der Waals surface area contributed by atoms with E-state index in [1.807, 2.05) is 6.20 Å². The molecule has 0 fully saturated rings. The maximum Gasteiger partial charge on any atom is 0.145 e. The molecule has 2 heterocycles. The average molecular weight is 1160 g/mol. The third-order valence-electron chi connectivity index (χ3n) is 18.8. The Morgan fingerprint density at radius 1 is 0.333 bits per heavy atom. The van der Waals surface area contributed by atoms with Gasteiger partial charge in [-0.05, 0) is 155 Å². The van der Waals surface area contributed by atoms with Gasteiger partial charge in [-0.2, -0.15) is 0 Å². The van der Waals surface area contributed by atoms with Crippen molar-refractivity contribution >= 4 is 56.2 Å². The molecule has 432 valence electrons. The third-order valence-corrected chi connectivity index (χ3v) is 18.8. The number of nitrogens with zero attached hydrogens (tertiary/aromatic N) is 3. The molecule has 2 aromatic heterocycles. The molecular weight excluding hydrogens is 1090 g/mol. The van der Waals surface area contributed by atoms with Gasteiger partial charge in [0.25, 0.3) is 0 Å². The first-order chi connectivity index (χ1) is 43.9. The zero-order chi connectivity index (χ0) is 60.9. The summed E-state index contributed by atoms with van der Waals surface area (Å²) in [4.78, 5) is 10.5. The van der Waals surface area contributed by atoms with Crippen LogP contribution in [0.15, 0.2) is 302 Å². The molecule has 1 spiro atoms. The molecule has 0 unspecified atom stereocenters. The van der Waals surface area contributed by atoms with Gasteiger partial charge in [-0.25, -0.2) is 4.98 Å². The Bertz CT molecular complexity index is 5010. The molecule has 16 rings (SSSR count).